The van der Waals surface area contributed by atoms with Crippen LogP contribution in [0, 0.1) is 0 Å². The van der Waals surface area contributed by atoms with Gasteiger partial charge in [0.1, 0.15) is 0 Å². The molecule has 0 saturated heterocycles. The van der Waals surface area contributed by atoms with E-state index in [2.05, 4.69) is 0 Å². The maximum Gasteiger partial charge on any atom is 0.231 e. The highest BCUT2D eigenvalue weighted by Crippen LogP contribution is 2.37. The molecule has 1 aliphatic rings. The van der Waals surface area contributed by atoms with E-state index in [0.717, 1.165) is 5.56 Å². The van der Waals surface area contributed by atoms with Gasteiger partial charge in [0.05, 0.1) is 0 Å². The first-order valence-electron chi connectivity index (χ1n) is 5.80. The molecule has 1 aliphatic heterocycles. The number of rotatable bonds is 3. The van der Waals surface area contributed by atoms with Gasteiger partial charge in [0.2, 0.25) is 12.7 Å². The molecule has 5 heteroatoms. The molecule has 4 nitrogen and oxygen atoms in total. The van der Waals surface area contributed by atoms with Gasteiger partial charge >= 0.3 is 0 Å². The molecule has 0 aliphatic carbocycles. The highest BCUT2D eigenvalue weighted by molar-refractivity contribution is 6.31. The molecule has 18 heavy (non-hydrogen) atoms. The van der Waals surface area contributed by atoms with Gasteiger partial charge in [-0.3, -0.25) is 4.79 Å². The molecule has 98 valence electrons. The van der Waals surface area contributed by atoms with Gasteiger partial charge in [0, 0.05) is 31.1 Å². The fourth-order valence-corrected chi connectivity index (χ4v) is 2.11. The van der Waals surface area contributed by atoms with Gasteiger partial charge in [-0.1, -0.05) is 11.6 Å². The Bertz CT molecular complexity index is 476. The third-order valence-corrected chi connectivity index (χ3v) is 3.57. The molecule has 0 radical (unpaired) electrons. The number of benzene rings is 1. The second-order valence-electron chi connectivity index (χ2n) is 4.48. The summed E-state index contributed by atoms with van der Waals surface area (Å²) in [7, 11) is 1.79. The number of carbonyl (C=O) groups is 1. The topological polar surface area (TPSA) is 38.8 Å². The highest BCUT2D eigenvalue weighted by Gasteiger charge is 2.19. The van der Waals surface area contributed by atoms with Crippen LogP contribution >= 0.6 is 11.6 Å². The van der Waals surface area contributed by atoms with E-state index in [0.29, 0.717) is 22.9 Å². The van der Waals surface area contributed by atoms with Crippen LogP contribution in [-0.2, 0) is 11.2 Å². The normalized spacial score (nSPS) is 14.4. The molecular weight excluding hydrogens is 254 g/mol. The fourth-order valence-electron chi connectivity index (χ4n) is 1.88. The Morgan fingerprint density at radius 2 is 2.06 bits per heavy atom. The van der Waals surface area contributed by atoms with Crippen LogP contribution in [0.4, 0.5) is 0 Å². The van der Waals surface area contributed by atoms with Crippen LogP contribution in [0.2, 0.25) is 5.02 Å². The predicted octanol–water partition coefficient (Wildman–Crippen LogP) is 2.48. The number of likely N-dealkylation sites (N-methyl/N-ethyl adjacent to an activating group) is 1. The van der Waals surface area contributed by atoms with Crippen molar-refractivity contribution >= 4 is 17.5 Å². The molecule has 0 bridgehead atoms. The van der Waals surface area contributed by atoms with Crippen LogP contribution in [0.3, 0.4) is 0 Å². The van der Waals surface area contributed by atoms with E-state index in [-0.39, 0.29) is 18.7 Å². The Labute approximate surface area is 111 Å². The lowest BCUT2D eigenvalue weighted by molar-refractivity contribution is -0.129. The molecule has 2 rings (SSSR count). The molecule has 1 atom stereocenters. The van der Waals surface area contributed by atoms with Crippen molar-refractivity contribution < 1.29 is 14.3 Å². The number of halogens is 1. The zero-order valence-electron chi connectivity index (χ0n) is 10.7. The van der Waals surface area contributed by atoms with Gasteiger partial charge in [-0.2, -0.15) is 0 Å². The Morgan fingerprint density at radius 3 is 2.67 bits per heavy atom. The summed E-state index contributed by atoms with van der Waals surface area (Å²) in [5, 5.41) is 0.642. The van der Waals surface area contributed by atoms with Gasteiger partial charge in [-0.25, -0.2) is 0 Å². The first-order valence-corrected chi connectivity index (χ1v) is 6.18. The molecule has 0 N–H and O–H groups in total. The van der Waals surface area contributed by atoms with Crippen molar-refractivity contribution in [2.45, 2.75) is 26.3 Å². The average Bonchev–Trinajstić information content (AvgIpc) is 2.75. The molecule has 1 heterocycles. The standard InChI is InChI=1S/C13H16ClNO3/c1-8(15(3)9(2)16)4-10-5-12-13(6-11(10)14)18-7-17-12/h5-6,8H,4,7H2,1-3H3. The summed E-state index contributed by atoms with van der Waals surface area (Å²) in [6.45, 7) is 3.78. The molecule has 1 unspecified atom stereocenters. The smallest absolute Gasteiger partial charge is 0.231 e. The summed E-state index contributed by atoms with van der Waals surface area (Å²) in [6.07, 6.45) is 0.686. The monoisotopic (exact) mass is 269 g/mol. The summed E-state index contributed by atoms with van der Waals surface area (Å²) >= 11 is 6.20. The second-order valence-corrected chi connectivity index (χ2v) is 4.89. The number of hydrogen-bond donors (Lipinski definition) is 0. The lowest BCUT2D eigenvalue weighted by atomic mass is 10.1. The van der Waals surface area contributed by atoms with Crippen molar-refractivity contribution in [3.05, 3.63) is 22.7 Å². The minimum absolute atomic E-state index is 0.0411. The van der Waals surface area contributed by atoms with Crippen molar-refractivity contribution in [1.29, 1.82) is 0 Å². The van der Waals surface area contributed by atoms with Crippen molar-refractivity contribution in [2.24, 2.45) is 0 Å². The number of amides is 1. The maximum absolute atomic E-state index is 11.3. The van der Waals surface area contributed by atoms with E-state index >= 15 is 0 Å². The summed E-state index contributed by atoms with van der Waals surface area (Å²) < 4.78 is 10.6. The first-order chi connectivity index (χ1) is 8.49. The largest absolute Gasteiger partial charge is 0.454 e. The minimum Gasteiger partial charge on any atom is -0.454 e. The summed E-state index contributed by atoms with van der Waals surface area (Å²) in [4.78, 5) is 13.0. The van der Waals surface area contributed by atoms with Crippen molar-refractivity contribution in [3.63, 3.8) is 0 Å². The zero-order valence-corrected chi connectivity index (χ0v) is 11.5. The van der Waals surface area contributed by atoms with E-state index in [1.54, 1.807) is 24.9 Å². The number of carbonyl (C=O) groups excluding carboxylic acids is 1. The molecule has 1 amide bonds. The maximum atomic E-state index is 11.3. The quantitative estimate of drug-likeness (QED) is 0.846. The molecule has 0 saturated carbocycles. The Morgan fingerprint density at radius 1 is 1.44 bits per heavy atom. The van der Waals surface area contributed by atoms with E-state index in [4.69, 9.17) is 21.1 Å². The highest BCUT2D eigenvalue weighted by atomic mass is 35.5. The lowest BCUT2D eigenvalue weighted by Gasteiger charge is -2.24. The molecule has 0 spiro atoms. The minimum atomic E-state index is 0.0411. The second kappa shape index (κ2) is 5.06. The summed E-state index contributed by atoms with van der Waals surface area (Å²) in [5.74, 6) is 1.43. The zero-order chi connectivity index (χ0) is 13.3. The summed E-state index contributed by atoms with van der Waals surface area (Å²) in [5.41, 5.74) is 0.960. The van der Waals surface area contributed by atoms with Crippen LogP contribution in [0.25, 0.3) is 0 Å². The van der Waals surface area contributed by atoms with Gasteiger partial charge in [-0.15, -0.1) is 0 Å². The van der Waals surface area contributed by atoms with Gasteiger partial charge in [0.25, 0.3) is 0 Å². The number of ether oxygens (including phenoxy) is 2. The number of hydrogen-bond acceptors (Lipinski definition) is 3. The summed E-state index contributed by atoms with van der Waals surface area (Å²) in [6, 6.07) is 3.73. The number of nitrogens with zero attached hydrogens (tertiary/aromatic N) is 1. The third-order valence-electron chi connectivity index (χ3n) is 3.21. The molecule has 1 aromatic rings. The Hall–Kier alpha value is -1.42. The fraction of sp³-hybridized carbons (Fsp3) is 0.462. The van der Waals surface area contributed by atoms with Crippen LogP contribution < -0.4 is 9.47 Å². The van der Waals surface area contributed by atoms with E-state index in [1.165, 1.54) is 0 Å². The average molecular weight is 270 g/mol. The third kappa shape index (κ3) is 2.53. The van der Waals surface area contributed by atoms with Gasteiger partial charge < -0.3 is 14.4 Å². The van der Waals surface area contributed by atoms with Crippen molar-refractivity contribution in [2.75, 3.05) is 13.8 Å². The SMILES string of the molecule is CC(=O)N(C)C(C)Cc1cc2c(cc1Cl)OCO2. The van der Waals surface area contributed by atoms with Crippen LogP contribution in [0.5, 0.6) is 11.5 Å². The first kappa shape index (κ1) is 13.0. The van der Waals surface area contributed by atoms with E-state index in [9.17, 15) is 4.79 Å². The van der Waals surface area contributed by atoms with Crippen molar-refractivity contribution in [1.82, 2.24) is 4.90 Å². The molecule has 1 aromatic carbocycles. The molecule has 0 fully saturated rings. The van der Waals surface area contributed by atoms with Crippen LogP contribution in [0.15, 0.2) is 12.1 Å². The van der Waals surface area contributed by atoms with Crippen LogP contribution in [0.1, 0.15) is 19.4 Å². The lowest BCUT2D eigenvalue weighted by Crippen LogP contribution is -2.34. The number of fused-ring (bicyclic) bond motifs is 1. The van der Waals surface area contributed by atoms with E-state index in [1.807, 2.05) is 13.0 Å². The Kier molecular flexibility index (Phi) is 3.66. The predicted molar refractivity (Wildman–Crippen MR) is 69.2 cm³/mol. The molecule has 0 aromatic heterocycles. The Balaban J connectivity index is 2.17. The van der Waals surface area contributed by atoms with Crippen LogP contribution in [-0.4, -0.2) is 30.7 Å². The molecular formula is C13H16ClNO3. The van der Waals surface area contributed by atoms with Gasteiger partial charge in [-0.05, 0) is 25.0 Å². The van der Waals surface area contributed by atoms with Crippen molar-refractivity contribution in [3.8, 4) is 11.5 Å². The van der Waals surface area contributed by atoms with E-state index < -0.39 is 0 Å². The van der Waals surface area contributed by atoms with Gasteiger partial charge in [0.15, 0.2) is 11.5 Å².